The van der Waals surface area contributed by atoms with Crippen LogP contribution < -0.4 is 9.47 Å². The molecule has 2 aliphatic heterocycles. The van der Waals surface area contributed by atoms with Crippen LogP contribution in [0.2, 0.25) is 0 Å². The molecule has 0 fully saturated rings. The van der Waals surface area contributed by atoms with Gasteiger partial charge in [0.1, 0.15) is 39.6 Å². The summed E-state index contributed by atoms with van der Waals surface area (Å²) in [6.07, 6.45) is 2.78. The predicted octanol–water partition coefficient (Wildman–Crippen LogP) is 3.90. The molecular weight excluding hydrogens is 420 g/mol. The summed E-state index contributed by atoms with van der Waals surface area (Å²) in [5.74, 6) is -2.28. The monoisotopic (exact) mass is 436 g/mol. The summed E-state index contributed by atoms with van der Waals surface area (Å²) in [6, 6.07) is 1.83. The van der Waals surface area contributed by atoms with Crippen LogP contribution in [0.1, 0.15) is 40.9 Å². The molecule has 2 aromatic rings. The first-order chi connectivity index (χ1) is 14.7. The predicted molar refractivity (Wildman–Crippen MR) is 112 cm³/mol. The largest absolute Gasteiger partial charge is 0.507 e. The lowest BCUT2D eigenvalue weighted by molar-refractivity contribution is -0.123. The van der Waals surface area contributed by atoms with Crippen molar-refractivity contribution in [1.29, 1.82) is 0 Å². The summed E-state index contributed by atoms with van der Waals surface area (Å²) in [5, 5.41) is 24.9. The van der Waals surface area contributed by atoms with Gasteiger partial charge in [-0.05, 0) is 49.2 Å². The van der Waals surface area contributed by atoms with Gasteiger partial charge in [0.25, 0.3) is 0 Å². The van der Waals surface area contributed by atoms with Gasteiger partial charge in [0.2, 0.25) is 5.78 Å². The molecular formula is C23H16O7S. The summed E-state index contributed by atoms with van der Waals surface area (Å²) >= 11 is 1.47. The molecule has 3 aliphatic rings. The minimum Gasteiger partial charge on any atom is -0.507 e. The number of aromatic hydroxyl groups is 1. The van der Waals surface area contributed by atoms with Crippen molar-refractivity contribution in [2.45, 2.75) is 26.2 Å². The SMILES string of the molecule is CC(=O)C1=C(O)C=C2Oc3c4c(c(C)c(O)c3[C@@]2(C)C1=O)O/C(=C\c1ccsc1)C4=O. The van der Waals surface area contributed by atoms with Gasteiger partial charge in [-0.15, -0.1) is 0 Å². The summed E-state index contributed by atoms with van der Waals surface area (Å²) < 4.78 is 11.6. The number of ketones is 3. The Bertz CT molecular complexity index is 1320. The smallest absolute Gasteiger partial charge is 0.235 e. The van der Waals surface area contributed by atoms with Crippen molar-refractivity contribution in [2.24, 2.45) is 0 Å². The van der Waals surface area contributed by atoms with Gasteiger partial charge >= 0.3 is 0 Å². The molecule has 0 saturated heterocycles. The maximum Gasteiger partial charge on any atom is 0.235 e. The topological polar surface area (TPSA) is 110 Å². The molecule has 1 atom stereocenters. The van der Waals surface area contributed by atoms with E-state index >= 15 is 0 Å². The third kappa shape index (κ3) is 2.36. The molecule has 1 aliphatic carbocycles. The third-order valence-electron chi connectivity index (χ3n) is 5.88. The Hall–Kier alpha value is -3.65. The van der Waals surface area contributed by atoms with Crippen LogP contribution in [0.3, 0.4) is 0 Å². The van der Waals surface area contributed by atoms with Crippen molar-refractivity contribution in [2.75, 3.05) is 0 Å². The molecule has 0 unspecified atom stereocenters. The van der Waals surface area contributed by atoms with Gasteiger partial charge in [-0.2, -0.15) is 11.3 Å². The van der Waals surface area contributed by atoms with Gasteiger partial charge in [-0.25, -0.2) is 0 Å². The van der Waals surface area contributed by atoms with Crippen molar-refractivity contribution in [3.8, 4) is 17.2 Å². The molecule has 1 aromatic heterocycles. The second kappa shape index (κ2) is 6.18. The van der Waals surface area contributed by atoms with Crippen LogP contribution in [0.5, 0.6) is 17.2 Å². The van der Waals surface area contributed by atoms with Crippen LogP contribution in [0, 0.1) is 6.92 Å². The second-order valence-corrected chi connectivity index (χ2v) is 8.54. The third-order valence-corrected chi connectivity index (χ3v) is 6.58. The highest BCUT2D eigenvalue weighted by Gasteiger charge is 2.56. The van der Waals surface area contributed by atoms with Crippen LogP contribution in [0.4, 0.5) is 0 Å². The Morgan fingerprint density at radius 2 is 1.94 bits per heavy atom. The van der Waals surface area contributed by atoms with Crippen molar-refractivity contribution in [3.05, 3.63) is 68.0 Å². The molecule has 156 valence electrons. The average Bonchev–Trinajstić information content (AvgIpc) is 3.39. The molecule has 2 N–H and O–H groups in total. The van der Waals surface area contributed by atoms with Gasteiger partial charge in [0.05, 0.1) is 5.56 Å². The summed E-state index contributed by atoms with van der Waals surface area (Å²) in [5.41, 5.74) is -0.690. The van der Waals surface area contributed by atoms with E-state index in [1.54, 1.807) is 13.0 Å². The number of phenols is 1. The number of hydrogen-bond donors (Lipinski definition) is 2. The van der Waals surface area contributed by atoms with Crippen molar-refractivity contribution < 1.29 is 34.1 Å². The number of aliphatic hydroxyl groups is 1. The van der Waals surface area contributed by atoms with Crippen molar-refractivity contribution >= 4 is 34.8 Å². The number of thiophene rings is 1. The lowest BCUT2D eigenvalue weighted by Crippen LogP contribution is -2.38. The van der Waals surface area contributed by atoms with Crippen molar-refractivity contribution in [1.82, 2.24) is 0 Å². The molecule has 0 radical (unpaired) electrons. The molecule has 7 nitrogen and oxygen atoms in total. The van der Waals surface area contributed by atoms with Gasteiger partial charge < -0.3 is 19.7 Å². The van der Waals surface area contributed by atoms with Gasteiger partial charge in [-0.3, -0.25) is 14.4 Å². The van der Waals surface area contributed by atoms with Crippen LogP contribution in [0.15, 0.2) is 45.8 Å². The van der Waals surface area contributed by atoms with Crippen LogP contribution in [-0.2, 0) is 15.0 Å². The van der Waals surface area contributed by atoms with Crippen LogP contribution >= 0.6 is 11.3 Å². The Morgan fingerprint density at radius 3 is 2.58 bits per heavy atom. The number of Topliss-reactive ketones (excluding diaryl/α,β-unsaturated/α-hetero) is 3. The molecule has 0 bridgehead atoms. The highest BCUT2D eigenvalue weighted by atomic mass is 32.1. The lowest BCUT2D eigenvalue weighted by atomic mass is 9.71. The Labute approximate surface area is 180 Å². The minimum atomic E-state index is -1.56. The van der Waals surface area contributed by atoms with E-state index in [0.717, 1.165) is 5.56 Å². The van der Waals surface area contributed by atoms with Crippen LogP contribution in [-0.4, -0.2) is 27.6 Å². The highest BCUT2D eigenvalue weighted by molar-refractivity contribution is 7.08. The van der Waals surface area contributed by atoms with E-state index in [9.17, 15) is 24.6 Å². The molecule has 31 heavy (non-hydrogen) atoms. The number of carbonyl (C=O) groups is 3. The summed E-state index contributed by atoms with van der Waals surface area (Å²) in [7, 11) is 0. The fourth-order valence-electron chi connectivity index (χ4n) is 4.24. The van der Waals surface area contributed by atoms with E-state index < -0.39 is 28.5 Å². The fraction of sp³-hybridized carbons (Fsp3) is 0.174. The normalized spacial score (nSPS) is 22.7. The fourth-order valence-corrected chi connectivity index (χ4v) is 4.86. The number of benzene rings is 1. The van der Waals surface area contributed by atoms with E-state index in [-0.39, 0.29) is 51.0 Å². The standard InChI is InChI=1S/C23H16O7S/c1-9-18(26)17-21(16-19(27)13(29-20(9)16)6-11-4-5-31-8-11)30-14-7-12(25)15(10(2)24)22(28)23(14,17)3/h4-8,25-26H,1-3H3/b13-6-/t23-/m0/s1. The first-order valence-electron chi connectivity index (χ1n) is 9.41. The molecule has 5 rings (SSSR count). The number of carbonyl (C=O) groups excluding carboxylic acids is 3. The van der Waals surface area contributed by atoms with Gasteiger partial charge in [0.15, 0.2) is 23.1 Å². The number of allylic oxidation sites excluding steroid dienone is 4. The quantitative estimate of drug-likeness (QED) is 0.543. The number of hydrogen-bond acceptors (Lipinski definition) is 8. The Morgan fingerprint density at radius 1 is 1.19 bits per heavy atom. The van der Waals surface area contributed by atoms with E-state index in [2.05, 4.69) is 0 Å². The van der Waals surface area contributed by atoms with Crippen LogP contribution in [0.25, 0.3) is 6.08 Å². The average molecular weight is 436 g/mol. The molecule has 0 saturated carbocycles. The highest BCUT2D eigenvalue weighted by Crippen LogP contribution is 2.59. The van der Waals surface area contributed by atoms with E-state index in [1.807, 2.05) is 16.8 Å². The molecule has 8 heteroatoms. The summed E-state index contributed by atoms with van der Waals surface area (Å²) in [6.45, 7) is 4.25. The lowest BCUT2D eigenvalue weighted by Gasteiger charge is -2.27. The molecule has 0 spiro atoms. The van der Waals surface area contributed by atoms with Gasteiger partial charge in [-0.1, -0.05) is 0 Å². The van der Waals surface area contributed by atoms with Gasteiger partial charge in [0, 0.05) is 11.6 Å². The first-order valence-corrected chi connectivity index (χ1v) is 10.4. The Kier molecular flexibility index (Phi) is 3.85. The maximum atomic E-state index is 13.3. The molecule has 0 amide bonds. The number of ether oxygens (including phenoxy) is 2. The first kappa shape index (κ1) is 19.3. The van der Waals surface area contributed by atoms with E-state index in [0.29, 0.717) is 0 Å². The molecule has 3 heterocycles. The zero-order chi connectivity index (χ0) is 22.2. The zero-order valence-electron chi connectivity index (χ0n) is 16.7. The number of phenolic OH excluding ortho intramolecular Hbond substituents is 1. The number of fused-ring (bicyclic) bond motifs is 5. The minimum absolute atomic E-state index is 0.00322. The number of aliphatic hydroxyl groups excluding tert-OH is 1. The zero-order valence-corrected chi connectivity index (χ0v) is 17.5. The molecule has 1 aromatic carbocycles. The van der Waals surface area contributed by atoms with E-state index in [1.165, 1.54) is 31.3 Å². The second-order valence-electron chi connectivity index (χ2n) is 7.76. The van der Waals surface area contributed by atoms with Crippen molar-refractivity contribution in [3.63, 3.8) is 0 Å². The number of rotatable bonds is 2. The maximum absolute atomic E-state index is 13.3. The Balaban J connectivity index is 1.74. The summed E-state index contributed by atoms with van der Waals surface area (Å²) in [4.78, 5) is 38.5. The van der Waals surface area contributed by atoms with E-state index in [4.69, 9.17) is 9.47 Å².